The smallest absolute Gasteiger partial charge is 0.243 e. The van der Waals surface area contributed by atoms with E-state index in [1.165, 1.54) is 0 Å². The van der Waals surface area contributed by atoms with Gasteiger partial charge in [0.05, 0.1) is 11.4 Å². The van der Waals surface area contributed by atoms with Gasteiger partial charge in [-0.2, -0.15) is 4.31 Å². The third kappa shape index (κ3) is 6.21. The Morgan fingerprint density at radius 1 is 1.03 bits per heavy atom. The Labute approximate surface area is 179 Å². The van der Waals surface area contributed by atoms with E-state index >= 15 is 0 Å². The van der Waals surface area contributed by atoms with Gasteiger partial charge in [-0.05, 0) is 42.7 Å². The summed E-state index contributed by atoms with van der Waals surface area (Å²) in [5, 5.41) is 6.41. The lowest BCUT2D eigenvalue weighted by Crippen LogP contribution is -2.39. The molecular weight excluding hydrogens is 400 g/mol. The first-order valence-electron chi connectivity index (χ1n) is 10.3. The highest BCUT2D eigenvalue weighted by Gasteiger charge is 2.25. The predicted octanol–water partition coefficient (Wildman–Crippen LogP) is 2.61. The van der Waals surface area contributed by atoms with E-state index in [0.717, 1.165) is 30.6 Å². The number of nitrogens with zero attached hydrogens (tertiary/aromatic N) is 2. The zero-order valence-corrected chi connectivity index (χ0v) is 18.2. The van der Waals surface area contributed by atoms with Gasteiger partial charge in [0.25, 0.3) is 0 Å². The highest BCUT2D eigenvalue weighted by atomic mass is 32.2. The van der Waals surface area contributed by atoms with Crippen LogP contribution < -0.4 is 15.4 Å². The number of hydrogen-bond donors (Lipinski definition) is 2. The average molecular weight is 431 g/mol. The molecule has 0 amide bonds. The van der Waals surface area contributed by atoms with Crippen LogP contribution in [0.15, 0.2) is 64.5 Å². The third-order valence-corrected chi connectivity index (χ3v) is 6.84. The normalized spacial score (nSPS) is 15.6. The van der Waals surface area contributed by atoms with Crippen molar-refractivity contribution in [2.24, 2.45) is 4.99 Å². The van der Waals surface area contributed by atoms with E-state index in [-0.39, 0.29) is 0 Å². The molecule has 0 bridgehead atoms. The number of hydrogen-bond acceptors (Lipinski definition) is 4. The molecule has 2 N–H and O–H groups in total. The number of piperidine rings is 1. The van der Waals surface area contributed by atoms with Crippen LogP contribution >= 0.6 is 0 Å². The molecule has 0 spiro atoms. The van der Waals surface area contributed by atoms with Crippen LogP contribution in [-0.4, -0.2) is 52.0 Å². The standard InChI is InChI=1S/C22H30N4O3S/c1-23-22(24-13-16-29-20-10-4-2-5-11-20)25-18-19-9-8-12-21(17-19)30(27,28)26-14-6-3-7-15-26/h2,4-5,8-12,17H,3,6-7,13-16,18H2,1H3,(H2,23,24,25). The largest absolute Gasteiger partial charge is 0.492 e. The van der Waals surface area contributed by atoms with E-state index in [1.54, 1.807) is 29.6 Å². The average Bonchev–Trinajstić information content (AvgIpc) is 2.80. The second-order valence-corrected chi connectivity index (χ2v) is 9.06. The minimum Gasteiger partial charge on any atom is -0.492 e. The molecule has 3 rings (SSSR count). The van der Waals surface area contributed by atoms with Crippen molar-refractivity contribution in [3.63, 3.8) is 0 Å². The third-order valence-electron chi connectivity index (χ3n) is 4.94. The van der Waals surface area contributed by atoms with Crippen LogP contribution in [-0.2, 0) is 16.6 Å². The van der Waals surface area contributed by atoms with E-state index in [1.807, 2.05) is 36.4 Å². The molecule has 162 valence electrons. The van der Waals surface area contributed by atoms with E-state index in [4.69, 9.17) is 4.74 Å². The molecule has 30 heavy (non-hydrogen) atoms. The molecule has 0 saturated carbocycles. The quantitative estimate of drug-likeness (QED) is 0.382. The van der Waals surface area contributed by atoms with E-state index in [9.17, 15) is 8.42 Å². The maximum absolute atomic E-state index is 12.9. The van der Waals surface area contributed by atoms with Crippen molar-refractivity contribution in [2.75, 3.05) is 33.3 Å². The number of sulfonamides is 1. The molecule has 0 aromatic heterocycles. The maximum Gasteiger partial charge on any atom is 0.243 e. The first-order chi connectivity index (χ1) is 14.6. The zero-order valence-electron chi connectivity index (χ0n) is 17.4. The van der Waals surface area contributed by atoms with Crippen LogP contribution in [0.25, 0.3) is 0 Å². The van der Waals surface area contributed by atoms with Gasteiger partial charge >= 0.3 is 0 Å². The molecule has 1 heterocycles. The minimum atomic E-state index is -3.43. The molecular formula is C22H30N4O3S. The van der Waals surface area contributed by atoms with Gasteiger partial charge in [-0.25, -0.2) is 8.42 Å². The van der Waals surface area contributed by atoms with Gasteiger partial charge in [0, 0.05) is 26.7 Å². The summed E-state index contributed by atoms with van der Waals surface area (Å²) in [6.45, 7) is 2.79. The number of para-hydroxylation sites is 1. The Hall–Kier alpha value is -2.58. The van der Waals surface area contributed by atoms with Gasteiger partial charge in [-0.15, -0.1) is 0 Å². The fraction of sp³-hybridized carbons (Fsp3) is 0.409. The molecule has 7 nitrogen and oxygen atoms in total. The van der Waals surface area contributed by atoms with Crippen LogP contribution in [0, 0.1) is 0 Å². The first kappa shape index (κ1) is 22.1. The molecule has 1 aliphatic rings. The Morgan fingerprint density at radius 2 is 1.80 bits per heavy atom. The van der Waals surface area contributed by atoms with Crippen molar-refractivity contribution in [2.45, 2.75) is 30.7 Å². The number of guanidine groups is 1. The summed E-state index contributed by atoms with van der Waals surface area (Å²) in [5.41, 5.74) is 0.886. The molecule has 0 aliphatic carbocycles. The van der Waals surface area contributed by atoms with Gasteiger partial charge in [0.15, 0.2) is 5.96 Å². The lowest BCUT2D eigenvalue weighted by atomic mass is 10.2. The SMILES string of the molecule is CN=C(NCCOc1ccccc1)NCc1cccc(S(=O)(=O)N2CCCCC2)c1. The fourth-order valence-corrected chi connectivity index (χ4v) is 4.92. The summed E-state index contributed by atoms with van der Waals surface area (Å²) in [6, 6.07) is 16.8. The van der Waals surface area contributed by atoms with Crippen molar-refractivity contribution >= 4 is 16.0 Å². The van der Waals surface area contributed by atoms with E-state index in [0.29, 0.717) is 43.6 Å². The predicted molar refractivity (Wildman–Crippen MR) is 119 cm³/mol. The first-order valence-corrected chi connectivity index (χ1v) is 11.7. The van der Waals surface area contributed by atoms with Crippen LogP contribution in [0.1, 0.15) is 24.8 Å². The lowest BCUT2D eigenvalue weighted by Gasteiger charge is -2.26. The summed E-state index contributed by atoms with van der Waals surface area (Å²) < 4.78 is 33.0. The highest BCUT2D eigenvalue weighted by Crippen LogP contribution is 2.21. The Kier molecular flexibility index (Phi) is 8.10. The van der Waals surface area contributed by atoms with Crippen molar-refractivity contribution in [3.8, 4) is 5.75 Å². The molecule has 2 aromatic rings. The number of ether oxygens (including phenoxy) is 1. The Morgan fingerprint density at radius 3 is 2.53 bits per heavy atom. The van der Waals surface area contributed by atoms with Crippen molar-refractivity contribution < 1.29 is 13.2 Å². The molecule has 1 fully saturated rings. The fourth-order valence-electron chi connectivity index (χ4n) is 3.33. The van der Waals surface area contributed by atoms with Crippen LogP contribution in [0.5, 0.6) is 5.75 Å². The number of benzene rings is 2. The monoisotopic (exact) mass is 430 g/mol. The summed E-state index contributed by atoms with van der Waals surface area (Å²) in [4.78, 5) is 4.55. The molecule has 1 saturated heterocycles. The number of rotatable bonds is 8. The molecule has 8 heteroatoms. The summed E-state index contributed by atoms with van der Waals surface area (Å²) in [6.07, 6.45) is 2.95. The molecule has 0 unspecified atom stereocenters. The summed E-state index contributed by atoms with van der Waals surface area (Å²) >= 11 is 0. The Bertz CT molecular complexity index is 926. The minimum absolute atomic E-state index is 0.350. The second kappa shape index (κ2) is 11.0. The van der Waals surface area contributed by atoms with E-state index < -0.39 is 10.0 Å². The highest BCUT2D eigenvalue weighted by molar-refractivity contribution is 7.89. The van der Waals surface area contributed by atoms with Gasteiger partial charge in [-0.1, -0.05) is 36.8 Å². The number of aliphatic imine (C=N–C) groups is 1. The van der Waals surface area contributed by atoms with Gasteiger partial charge in [-0.3, -0.25) is 4.99 Å². The molecule has 2 aromatic carbocycles. The van der Waals surface area contributed by atoms with Crippen molar-refractivity contribution in [3.05, 3.63) is 60.2 Å². The van der Waals surface area contributed by atoms with Crippen LogP contribution in [0.2, 0.25) is 0 Å². The van der Waals surface area contributed by atoms with Crippen LogP contribution in [0.4, 0.5) is 0 Å². The molecule has 0 radical (unpaired) electrons. The van der Waals surface area contributed by atoms with Gasteiger partial charge in [0.1, 0.15) is 12.4 Å². The molecule has 1 aliphatic heterocycles. The summed E-state index contributed by atoms with van der Waals surface area (Å²) in [5.74, 6) is 1.46. The number of nitrogens with one attached hydrogen (secondary N) is 2. The van der Waals surface area contributed by atoms with Gasteiger partial charge < -0.3 is 15.4 Å². The zero-order chi connectivity index (χ0) is 21.2. The maximum atomic E-state index is 12.9. The summed E-state index contributed by atoms with van der Waals surface area (Å²) in [7, 11) is -1.73. The van der Waals surface area contributed by atoms with E-state index in [2.05, 4.69) is 15.6 Å². The second-order valence-electron chi connectivity index (χ2n) is 7.13. The Balaban J connectivity index is 1.50. The topological polar surface area (TPSA) is 83.0 Å². The van der Waals surface area contributed by atoms with Crippen LogP contribution in [0.3, 0.4) is 0 Å². The van der Waals surface area contributed by atoms with Crippen molar-refractivity contribution in [1.82, 2.24) is 14.9 Å². The van der Waals surface area contributed by atoms with Crippen molar-refractivity contribution in [1.29, 1.82) is 0 Å². The molecule has 0 atom stereocenters. The van der Waals surface area contributed by atoms with Gasteiger partial charge in [0.2, 0.25) is 10.0 Å². The lowest BCUT2D eigenvalue weighted by molar-refractivity contribution is 0.322.